The summed E-state index contributed by atoms with van der Waals surface area (Å²) >= 11 is 6.02. The van der Waals surface area contributed by atoms with E-state index in [0.717, 1.165) is 0 Å². The Balaban J connectivity index is 2.10. The van der Waals surface area contributed by atoms with E-state index in [1.165, 1.54) is 6.07 Å². The minimum atomic E-state index is -0.523. The maximum Gasteiger partial charge on any atom is 0.263 e. The number of amides is 1. The molecule has 0 saturated heterocycles. The van der Waals surface area contributed by atoms with Crippen LogP contribution >= 0.6 is 11.6 Å². The van der Waals surface area contributed by atoms with Crippen molar-refractivity contribution in [1.29, 1.82) is 0 Å². The van der Waals surface area contributed by atoms with Crippen molar-refractivity contribution in [3.05, 3.63) is 87.2 Å². The standard InChI is InChI=1S/C19H14ClNO3/c1-12-10-16(22)17(19(23)21-15-8-3-2-4-9-15)18(24-12)13-6-5-7-14(20)11-13/h2-11H,1H3,(H,21,23). The van der Waals surface area contributed by atoms with E-state index in [9.17, 15) is 9.59 Å². The molecule has 3 rings (SSSR count). The van der Waals surface area contributed by atoms with E-state index in [4.69, 9.17) is 16.0 Å². The van der Waals surface area contributed by atoms with Crippen LogP contribution in [0.2, 0.25) is 5.02 Å². The van der Waals surface area contributed by atoms with Crippen LogP contribution in [0.15, 0.2) is 69.9 Å². The molecule has 24 heavy (non-hydrogen) atoms. The van der Waals surface area contributed by atoms with Gasteiger partial charge in [0.15, 0.2) is 11.2 Å². The SMILES string of the molecule is Cc1cc(=O)c(C(=O)Nc2ccccc2)c(-c2cccc(Cl)c2)o1. The average Bonchev–Trinajstić information content (AvgIpc) is 2.55. The summed E-state index contributed by atoms with van der Waals surface area (Å²) in [4.78, 5) is 25.0. The van der Waals surface area contributed by atoms with E-state index in [1.54, 1.807) is 55.5 Å². The van der Waals surface area contributed by atoms with Gasteiger partial charge in [0.05, 0.1) is 0 Å². The summed E-state index contributed by atoms with van der Waals surface area (Å²) in [6.07, 6.45) is 0. The van der Waals surface area contributed by atoms with Crippen LogP contribution in [0.1, 0.15) is 16.1 Å². The third-order valence-electron chi connectivity index (χ3n) is 3.42. The largest absolute Gasteiger partial charge is 0.460 e. The van der Waals surface area contributed by atoms with Gasteiger partial charge in [0.25, 0.3) is 5.91 Å². The fourth-order valence-corrected chi connectivity index (χ4v) is 2.56. The van der Waals surface area contributed by atoms with Gasteiger partial charge in [-0.1, -0.05) is 41.9 Å². The van der Waals surface area contributed by atoms with Gasteiger partial charge in [-0.2, -0.15) is 0 Å². The second kappa shape index (κ2) is 6.72. The van der Waals surface area contributed by atoms with Gasteiger partial charge < -0.3 is 9.73 Å². The van der Waals surface area contributed by atoms with Gasteiger partial charge >= 0.3 is 0 Å². The Morgan fingerprint density at radius 3 is 2.50 bits per heavy atom. The highest BCUT2D eigenvalue weighted by atomic mass is 35.5. The zero-order valence-corrected chi connectivity index (χ0v) is 13.6. The molecular weight excluding hydrogens is 326 g/mol. The summed E-state index contributed by atoms with van der Waals surface area (Å²) in [6.45, 7) is 1.66. The summed E-state index contributed by atoms with van der Waals surface area (Å²) in [5.74, 6) is 0.104. The van der Waals surface area contributed by atoms with Crippen LogP contribution in [0, 0.1) is 6.92 Å². The van der Waals surface area contributed by atoms with Crippen LogP contribution in [0.4, 0.5) is 5.69 Å². The first-order valence-corrected chi connectivity index (χ1v) is 7.69. The molecule has 0 aliphatic carbocycles. The molecule has 2 aromatic carbocycles. The van der Waals surface area contributed by atoms with Crippen molar-refractivity contribution in [2.75, 3.05) is 5.32 Å². The van der Waals surface area contributed by atoms with Gasteiger partial charge in [0.2, 0.25) is 0 Å². The van der Waals surface area contributed by atoms with Gasteiger partial charge in [-0.05, 0) is 31.2 Å². The molecule has 5 heteroatoms. The van der Waals surface area contributed by atoms with Crippen LogP contribution < -0.4 is 10.7 Å². The second-order valence-electron chi connectivity index (χ2n) is 5.26. The number of aryl methyl sites for hydroxylation is 1. The molecule has 0 fully saturated rings. The lowest BCUT2D eigenvalue weighted by Gasteiger charge is -2.10. The lowest BCUT2D eigenvalue weighted by Crippen LogP contribution is -2.22. The summed E-state index contributed by atoms with van der Waals surface area (Å²) in [7, 11) is 0. The molecule has 0 aliphatic heterocycles. The van der Waals surface area contributed by atoms with E-state index in [0.29, 0.717) is 22.0 Å². The Kier molecular flexibility index (Phi) is 4.49. The van der Waals surface area contributed by atoms with Crippen molar-refractivity contribution < 1.29 is 9.21 Å². The zero-order chi connectivity index (χ0) is 17.1. The lowest BCUT2D eigenvalue weighted by molar-refractivity contribution is 0.102. The molecule has 3 aromatic rings. The highest BCUT2D eigenvalue weighted by Gasteiger charge is 2.20. The molecule has 0 radical (unpaired) electrons. The van der Waals surface area contributed by atoms with Crippen molar-refractivity contribution >= 4 is 23.2 Å². The van der Waals surface area contributed by atoms with Gasteiger partial charge in [0.1, 0.15) is 11.3 Å². The van der Waals surface area contributed by atoms with Gasteiger partial charge in [-0.3, -0.25) is 9.59 Å². The highest BCUT2D eigenvalue weighted by Crippen LogP contribution is 2.26. The first kappa shape index (κ1) is 16.0. The number of hydrogen-bond donors (Lipinski definition) is 1. The number of halogens is 1. The number of nitrogens with one attached hydrogen (secondary N) is 1. The molecule has 0 saturated carbocycles. The number of benzene rings is 2. The predicted molar refractivity (Wildman–Crippen MR) is 94.6 cm³/mol. The molecule has 0 atom stereocenters. The molecule has 0 bridgehead atoms. The summed E-state index contributed by atoms with van der Waals surface area (Å²) in [5, 5.41) is 3.20. The summed E-state index contributed by atoms with van der Waals surface area (Å²) < 4.78 is 5.67. The Labute approximate surface area is 143 Å². The van der Waals surface area contributed by atoms with Gasteiger partial charge in [-0.25, -0.2) is 0 Å². The van der Waals surface area contributed by atoms with Crippen molar-refractivity contribution in [2.45, 2.75) is 6.92 Å². The van der Waals surface area contributed by atoms with Crippen molar-refractivity contribution in [1.82, 2.24) is 0 Å². The average molecular weight is 340 g/mol. The maximum absolute atomic E-state index is 12.6. The minimum absolute atomic E-state index is 0.0493. The van der Waals surface area contributed by atoms with Crippen molar-refractivity contribution in [2.24, 2.45) is 0 Å². The Bertz CT molecular complexity index is 948. The highest BCUT2D eigenvalue weighted by molar-refractivity contribution is 6.30. The van der Waals surface area contributed by atoms with Crippen LogP contribution in [-0.4, -0.2) is 5.91 Å². The topological polar surface area (TPSA) is 59.3 Å². The molecule has 1 heterocycles. The molecule has 0 unspecified atom stereocenters. The normalized spacial score (nSPS) is 10.4. The van der Waals surface area contributed by atoms with E-state index in [2.05, 4.69) is 5.32 Å². The van der Waals surface area contributed by atoms with Crippen molar-refractivity contribution in [3.63, 3.8) is 0 Å². The fourth-order valence-electron chi connectivity index (χ4n) is 2.37. The van der Waals surface area contributed by atoms with E-state index in [1.807, 2.05) is 6.07 Å². The Hall–Kier alpha value is -2.85. The monoisotopic (exact) mass is 339 g/mol. The van der Waals surface area contributed by atoms with E-state index >= 15 is 0 Å². The smallest absolute Gasteiger partial charge is 0.263 e. The van der Waals surface area contributed by atoms with Crippen LogP contribution in [0.3, 0.4) is 0 Å². The first-order chi connectivity index (χ1) is 11.5. The minimum Gasteiger partial charge on any atom is -0.460 e. The van der Waals surface area contributed by atoms with Crippen LogP contribution in [0.25, 0.3) is 11.3 Å². The van der Waals surface area contributed by atoms with Gasteiger partial charge in [0, 0.05) is 22.3 Å². The fraction of sp³-hybridized carbons (Fsp3) is 0.0526. The molecule has 1 aromatic heterocycles. The molecule has 120 valence electrons. The Morgan fingerprint density at radius 1 is 1.04 bits per heavy atom. The number of carbonyl (C=O) groups excluding carboxylic acids is 1. The number of para-hydroxylation sites is 1. The molecule has 1 amide bonds. The number of hydrogen-bond acceptors (Lipinski definition) is 3. The molecule has 0 spiro atoms. The number of carbonyl (C=O) groups is 1. The van der Waals surface area contributed by atoms with Gasteiger partial charge in [-0.15, -0.1) is 0 Å². The van der Waals surface area contributed by atoms with E-state index < -0.39 is 11.3 Å². The first-order valence-electron chi connectivity index (χ1n) is 7.31. The zero-order valence-electron chi connectivity index (χ0n) is 12.9. The predicted octanol–water partition coefficient (Wildman–Crippen LogP) is 4.52. The molecule has 4 nitrogen and oxygen atoms in total. The van der Waals surface area contributed by atoms with Crippen LogP contribution in [-0.2, 0) is 0 Å². The second-order valence-corrected chi connectivity index (χ2v) is 5.69. The number of rotatable bonds is 3. The summed E-state index contributed by atoms with van der Waals surface area (Å²) in [5.41, 5.74) is 0.718. The molecular formula is C19H14ClNO3. The third kappa shape index (κ3) is 3.39. The Morgan fingerprint density at radius 2 is 1.79 bits per heavy atom. The van der Waals surface area contributed by atoms with Crippen molar-refractivity contribution in [3.8, 4) is 11.3 Å². The van der Waals surface area contributed by atoms with E-state index in [-0.39, 0.29) is 11.3 Å². The maximum atomic E-state index is 12.6. The quantitative estimate of drug-likeness (QED) is 0.763. The summed E-state index contributed by atoms with van der Waals surface area (Å²) in [6, 6.07) is 17.1. The number of anilines is 1. The molecule has 0 aliphatic rings. The molecule has 1 N–H and O–H groups in total. The van der Waals surface area contributed by atoms with Crippen LogP contribution in [0.5, 0.6) is 0 Å². The third-order valence-corrected chi connectivity index (χ3v) is 3.65. The lowest BCUT2D eigenvalue weighted by atomic mass is 10.1.